The zero-order chi connectivity index (χ0) is 12.0. The predicted octanol–water partition coefficient (Wildman–Crippen LogP) is 0.386. The van der Waals surface area contributed by atoms with Crippen molar-refractivity contribution in [3.05, 3.63) is 0 Å². The molecule has 2 heterocycles. The maximum Gasteiger partial charge on any atom is 0.200 e. The SMILES string of the molecule is CCCC12OCC(O)C(O)C1OC(C)(C)O2. The molecule has 0 radical (unpaired) electrons. The highest BCUT2D eigenvalue weighted by atomic mass is 16.8. The molecule has 0 spiro atoms. The average Bonchev–Trinajstić information content (AvgIpc) is 2.46. The molecule has 0 saturated carbocycles. The van der Waals surface area contributed by atoms with Crippen molar-refractivity contribution in [3.63, 3.8) is 0 Å². The second-order valence-electron chi connectivity index (χ2n) is 4.97. The summed E-state index contributed by atoms with van der Waals surface area (Å²) in [6.07, 6.45) is -0.982. The number of rotatable bonds is 2. The monoisotopic (exact) mass is 232 g/mol. The minimum absolute atomic E-state index is 0.0805. The number of hydrogen-bond donors (Lipinski definition) is 2. The fraction of sp³-hybridized carbons (Fsp3) is 1.00. The van der Waals surface area contributed by atoms with Crippen LogP contribution in [0.2, 0.25) is 0 Å². The number of aliphatic hydroxyl groups excluding tert-OH is 2. The lowest BCUT2D eigenvalue weighted by atomic mass is 9.94. The van der Waals surface area contributed by atoms with E-state index >= 15 is 0 Å². The third-order valence-electron chi connectivity index (χ3n) is 3.06. The van der Waals surface area contributed by atoms with Gasteiger partial charge in [-0.3, -0.25) is 0 Å². The van der Waals surface area contributed by atoms with Crippen LogP contribution in [0.1, 0.15) is 33.6 Å². The topological polar surface area (TPSA) is 68.2 Å². The standard InChI is InChI=1S/C11H20O5/c1-4-5-11-9(15-10(2,3)16-11)8(13)7(12)6-14-11/h7-9,12-13H,4-6H2,1-3H3. The van der Waals surface area contributed by atoms with Gasteiger partial charge in [0.1, 0.15) is 18.3 Å². The van der Waals surface area contributed by atoms with Crippen molar-refractivity contribution in [2.24, 2.45) is 0 Å². The fourth-order valence-electron chi connectivity index (χ4n) is 2.48. The van der Waals surface area contributed by atoms with Crippen molar-refractivity contribution < 1.29 is 24.4 Å². The Bertz CT molecular complexity index is 267. The Morgan fingerprint density at radius 3 is 2.62 bits per heavy atom. The molecule has 16 heavy (non-hydrogen) atoms. The Morgan fingerprint density at radius 1 is 1.31 bits per heavy atom. The van der Waals surface area contributed by atoms with Crippen molar-refractivity contribution >= 4 is 0 Å². The quantitative estimate of drug-likeness (QED) is 0.720. The summed E-state index contributed by atoms with van der Waals surface area (Å²) in [4.78, 5) is 0. The van der Waals surface area contributed by atoms with E-state index in [0.29, 0.717) is 6.42 Å². The van der Waals surface area contributed by atoms with Gasteiger partial charge in [0.05, 0.1) is 6.61 Å². The summed E-state index contributed by atoms with van der Waals surface area (Å²) in [6, 6.07) is 0. The molecule has 0 amide bonds. The Morgan fingerprint density at radius 2 is 2.00 bits per heavy atom. The van der Waals surface area contributed by atoms with E-state index < -0.39 is 29.9 Å². The molecule has 5 nitrogen and oxygen atoms in total. The molecular weight excluding hydrogens is 212 g/mol. The van der Waals surface area contributed by atoms with Crippen LogP contribution < -0.4 is 0 Å². The summed E-state index contributed by atoms with van der Waals surface area (Å²) in [6.45, 7) is 5.66. The molecule has 0 aliphatic carbocycles. The van der Waals surface area contributed by atoms with Gasteiger partial charge in [-0.25, -0.2) is 0 Å². The molecule has 4 atom stereocenters. The molecule has 2 N–H and O–H groups in total. The van der Waals surface area contributed by atoms with E-state index in [9.17, 15) is 10.2 Å². The van der Waals surface area contributed by atoms with E-state index in [1.54, 1.807) is 13.8 Å². The van der Waals surface area contributed by atoms with Gasteiger partial charge in [0.25, 0.3) is 0 Å². The summed E-state index contributed by atoms with van der Waals surface area (Å²) >= 11 is 0. The first-order chi connectivity index (χ1) is 7.40. The molecule has 2 aliphatic heterocycles. The summed E-state index contributed by atoms with van der Waals surface area (Å²) in [5, 5.41) is 19.5. The van der Waals surface area contributed by atoms with Crippen LogP contribution in [0.15, 0.2) is 0 Å². The summed E-state index contributed by atoms with van der Waals surface area (Å²) in [5.41, 5.74) is 0. The first kappa shape index (κ1) is 12.3. The van der Waals surface area contributed by atoms with E-state index in [-0.39, 0.29) is 6.61 Å². The van der Waals surface area contributed by atoms with Crippen molar-refractivity contribution in [1.82, 2.24) is 0 Å². The summed E-state index contributed by atoms with van der Waals surface area (Å²) < 4.78 is 17.0. The van der Waals surface area contributed by atoms with Gasteiger partial charge in [-0.2, -0.15) is 0 Å². The van der Waals surface area contributed by atoms with Gasteiger partial charge in [-0.1, -0.05) is 13.3 Å². The van der Waals surface area contributed by atoms with Crippen LogP contribution >= 0.6 is 0 Å². The number of hydrogen-bond acceptors (Lipinski definition) is 5. The van der Waals surface area contributed by atoms with Crippen LogP contribution in [0.5, 0.6) is 0 Å². The summed E-state index contributed by atoms with van der Waals surface area (Å²) in [7, 11) is 0. The van der Waals surface area contributed by atoms with E-state index in [1.165, 1.54) is 0 Å². The first-order valence-corrected chi connectivity index (χ1v) is 5.78. The van der Waals surface area contributed by atoms with Crippen molar-refractivity contribution in [2.75, 3.05) is 6.61 Å². The molecule has 0 aromatic rings. The minimum atomic E-state index is -0.956. The lowest BCUT2D eigenvalue weighted by Crippen LogP contribution is -2.59. The van der Waals surface area contributed by atoms with Crippen LogP contribution in [-0.4, -0.2) is 46.7 Å². The van der Waals surface area contributed by atoms with Gasteiger partial charge in [0, 0.05) is 6.42 Å². The maximum atomic E-state index is 9.94. The van der Waals surface area contributed by atoms with Gasteiger partial charge in [-0.15, -0.1) is 0 Å². The van der Waals surface area contributed by atoms with Crippen molar-refractivity contribution in [1.29, 1.82) is 0 Å². The first-order valence-electron chi connectivity index (χ1n) is 5.78. The second-order valence-corrected chi connectivity index (χ2v) is 4.97. The molecule has 2 saturated heterocycles. The molecule has 0 aromatic heterocycles. The molecule has 5 heteroatoms. The Kier molecular flexibility index (Phi) is 3.01. The molecule has 2 rings (SSSR count). The van der Waals surface area contributed by atoms with E-state index in [0.717, 1.165) is 6.42 Å². The van der Waals surface area contributed by atoms with Gasteiger partial charge in [-0.05, 0) is 13.8 Å². The predicted molar refractivity (Wildman–Crippen MR) is 55.6 cm³/mol. The van der Waals surface area contributed by atoms with Crippen LogP contribution in [0, 0.1) is 0 Å². The molecule has 2 fully saturated rings. The Hall–Kier alpha value is -0.200. The van der Waals surface area contributed by atoms with Crippen LogP contribution in [0.3, 0.4) is 0 Å². The van der Waals surface area contributed by atoms with Gasteiger partial charge < -0.3 is 24.4 Å². The fourth-order valence-corrected chi connectivity index (χ4v) is 2.48. The highest BCUT2D eigenvalue weighted by molar-refractivity contribution is 4.98. The third-order valence-corrected chi connectivity index (χ3v) is 3.06. The maximum absolute atomic E-state index is 9.94. The zero-order valence-corrected chi connectivity index (χ0v) is 9.97. The lowest BCUT2D eigenvalue weighted by Gasteiger charge is -2.41. The minimum Gasteiger partial charge on any atom is -0.388 e. The van der Waals surface area contributed by atoms with Crippen molar-refractivity contribution in [3.8, 4) is 0 Å². The normalized spacial score (nSPS) is 46.7. The lowest BCUT2D eigenvalue weighted by molar-refractivity contribution is -0.294. The summed E-state index contributed by atoms with van der Waals surface area (Å²) in [5.74, 6) is -1.69. The van der Waals surface area contributed by atoms with E-state index in [1.807, 2.05) is 6.92 Å². The molecule has 0 aromatic carbocycles. The van der Waals surface area contributed by atoms with Crippen LogP contribution in [0.4, 0.5) is 0 Å². The number of aliphatic hydroxyl groups is 2. The number of ether oxygens (including phenoxy) is 3. The van der Waals surface area contributed by atoms with Crippen molar-refractivity contribution in [2.45, 2.75) is 63.5 Å². The van der Waals surface area contributed by atoms with Crippen LogP contribution in [-0.2, 0) is 14.2 Å². The van der Waals surface area contributed by atoms with E-state index in [2.05, 4.69) is 0 Å². The van der Waals surface area contributed by atoms with Gasteiger partial charge in [0.2, 0.25) is 5.79 Å². The van der Waals surface area contributed by atoms with Gasteiger partial charge in [0.15, 0.2) is 5.79 Å². The van der Waals surface area contributed by atoms with E-state index in [4.69, 9.17) is 14.2 Å². The Balaban J connectivity index is 2.25. The molecular formula is C11H20O5. The Labute approximate surface area is 95.3 Å². The zero-order valence-electron chi connectivity index (χ0n) is 9.97. The van der Waals surface area contributed by atoms with Crippen LogP contribution in [0.25, 0.3) is 0 Å². The highest BCUT2D eigenvalue weighted by Gasteiger charge is 2.60. The molecule has 4 unspecified atom stereocenters. The highest BCUT2D eigenvalue weighted by Crippen LogP contribution is 2.44. The largest absolute Gasteiger partial charge is 0.388 e. The third kappa shape index (κ3) is 1.87. The smallest absolute Gasteiger partial charge is 0.200 e. The molecule has 2 aliphatic rings. The number of fused-ring (bicyclic) bond motifs is 1. The molecule has 94 valence electrons. The van der Waals surface area contributed by atoms with Gasteiger partial charge >= 0.3 is 0 Å². The average molecular weight is 232 g/mol. The second kappa shape index (κ2) is 3.92. The molecule has 0 bridgehead atoms.